The van der Waals surface area contributed by atoms with Crippen LogP contribution >= 0.6 is 0 Å². The molecule has 1 saturated carbocycles. The van der Waals surface area contributed by atoms with Gasteiger partial charge in [0.25, 0.3) is 0 Å². The number of ether oxygens (including phenoxy) is 2. The quantitative estimate of drug-likeness (QED) is 0.773. The van der Waals surface area contributed by atoms with E-state index in [1.165, 1.54) is 19.3 Å². The monoisotopic (exact) mass is 339 g/mol. The summed E-state index contributed by atoms with van der Waals surface area (Å²) in [6, 6.07) is -0.126. The maximum atomic E-state index is 12.8. The number of morpholine rings is 1. The zero-order valence-electron chi connectivity index (χ0n) is 15.3. The number of nitrogens with zero attached hydrogens (tertiary/aromatic N) is 2. The minimum atomic E-state index is -0.126. The van der Waals surface area contributed by atoms with Crippen molar-refractivity contribution in [2.24, 2.45) is 5.92 Å². The summed E-state index contributed by atoms with van der Waals surface area (Å²) < 4.78 is 11.1. The van der Waals surface area contributed by atoms with E-state index in [1.54, 1.807) is 0 Å². The highest BCUT2D eigenvalue weighted by atomic mass is 16.5. The summed E-state index contributed by atoms with van der Waals surface area (Å²) in [4.78, 5) is 17.4. The summed E-state index contributed by atoms with van der Waals surface area (Å²) in [5.41, 5.74) is 0.0161. The zero-order valence-corrected chi connectivity index (χ0v) is 15.3. The number of nitrogens with one attached hydrogen (secondary N) is 1. The molecule has 1 amide bonds. The fourth-order valence-corrected chi connectivity index (χ4v) is 4.01. The average molecular weight is 339 g/mol. The molecule has 0 aromatic carbocycles. The average Bonchev–Trinajstić information content (AvgIpc) is 2.57. The first-order valence-corrected chi connectivity index (χ1v) is 9.45. The van der Waals surface area contributed by atoms with Crippen molar-refractivity contribution < 1.29 is 14.3 Å². The molecular weight excluding hydrogens is 306 g/mol. The van der Waals surface area contributed by atoms with Crippen LogP contribution in [-0.2, 0) is 14.3 Å². The van der Waals surface area contributed by atoms with Crippen molar-refractivity contribution in [3.05, 3.63) is 0 Å². The van der Waals surface area contributed by atoms with Gasteiger partial charge in [-0.05, 0) is 45.7 Å². The predicted molar refractivity (Wildman–Crippen MR) is 93.0 cm³/mol. The Kier molecular flexibility index (Phi) is 6.13. The highest BCUT2D eigenvalue weighted by molar-refractivity contribution is 5.82. The molecule has 0 aromatic heterocycles. The first-order chi connectivity index (χ1) is 11.6. The van der Waals surface area contributed by atoms with Gasteiger partial charge in [0, 0.05) is 38.4 Å². The van der Waals surface area contributed by atoms with Gasteiger partial charge in [-0.3, -0.25) is 9.69 Å². The molecule has 1 unspecified atom stereocenters. The molecule has 6 nitrogen and oxygen atoms in total. The molecule has 2 heterocycles. The van der Waals surface area contributed by atoms with E-state index >= 15 is 0 Å². The SMILES string of the molecule is CN(C)C1(CNC(=O)C2COCCN2CC2CCC2)CCOCC1. The van der Waals surface area contributed by atoms with Gasteiger partial charge in [-0.2, -0.15) is 0 Å². The molecule has 2 aliphatic heterocycles. The van der Waals surface area contributed by atoms with E-state index in [0.29, 0.717) is 13.2 Å². The summed E-state index contributed by atoms with van der Waals surface area (Å²) in [7, 11) is 4.20. The third kappa shape index (κ3) is 4.10. The minimum absolute atomic E-state index is 0.0161. The Hall–Kier alpha value is -0.690. The lowest BCUT2D eigenvalue weighted by atomic mass is 9.84. The van der Waals surface area contributed by atoms with E-state index in [-0.39, 0.29) is 17.5 Å². The standard InChI is InChI=1S/C18H33N3O3/c1-20(2)18(6-9-23-10-7-18)14-19-17(22)16-13-24-11-8-21(16)12-15-4-3-5-15/h15-16H,3-14H2,1-2H3,(H,19,22). The van der Waals surface area contributed by atoms with Gasteiger partial charge in [-0.15, -0.1) is 0 Å². The summed E-state index contributed by atoms with van der Waals surface area (Å²) in [6.45, 7) is 5.43. The van der Waals surface area contributed by atoms with Crippen LogP contribution in [-0.4, -0.2) is 87.4 Å². The smallest absolute Gasteiger partial charge is 0.239 e. The topological polar surface area (TPSA) is 54.0 Å². The Morgan fingerprint density at radius 3 is 2.58 bits per heavy atom. The van der Waals surface area contributed by atoms with Crippen molar-refractivity contribution in [3.8, 4) is 0 Å². The van der Waals surface area contributed by atoms with Crippen LogP contribution < -0.4 is 5.32 Å². The van der Waals surface area contributed by atoms with Gasteiger partial charge in [-0.25, -0.2) is 0 Å². The second kappa shape index (κ2) is 8.13. The Bertz CT molecular complexity index is 420. The predicted octanol–water partition coefficient (Wildman–Crippen LogP) is 0.714. The third-order valence-electron chi connectivity index (χ3n) is 6.22. The zero-order chi connectivity index (χ0) is 17.0. The van der Waals surface area contributed by atoms with E-state index in [0.717, 1.165) is 51.7 Å². The summed E-state index contributed by atoms with van der Waals surface area (Å²) in [5.74, 6) is 0.906. The second-order valence-corrected chi connectivity index (χ2v) is 7.83. The number of carbonyl (C=O) groups is 1. The van der Waals surface area contributed by atoms with Gasteiger partial charge < -0.3 is 19.7 Å². The van der Waals surface area contributed by atoms with Crippen molar-refractivity contribution in [2.75, 3.05) is 60.2 Å². The fourth-order valence-electron chi connectivity index (χ4n) is 4.01. The highest BCUT2D eigenvalue weighted by Gasteiger charge is 2.37. The van der Waals surface area contributed by atoms with Crippen molar-refractivity contribution in [1.82, 2.24) is 15.1 Å². The Morgan fingerprint density at radius 2 is 1.96 bits per heavy atom. The summed E-state index contributed by atoms with van der Waals surface area (Å²) in [6.07, 6.45) is 5.91. The van der Waals surface area contributed by atoms with Gasteiger partial charge >= 0.3 is 0 Å². The molecule has 1 N–H and O–H groups in total. The normalized spacial score (nSPS) is 28.5. The molecule has 0 aromatic rings. The van der Waals surface area contributed by atoms with Crippen LogP contribution in [0.4, 0.5) is 0 Å². The number of hydrogen-bond donors (Lipinski definition) is 1. The molecule has 24 heavy (non-hydrogen) atoms. The van der Waals surface area contributed by atoms with Crippen LogP contribution in [0.25, 0.3) is 0 Å². The Morgan fingerprint density at radius 1 is 1.21 bits per heavy atom. The first-order valence-electron chi connectivity index (χ1n) is 9.45. The molecule has 138 valence electrons. The maximum absolute atomic E-state index is 12.8. The van der Waals surface area contributed by atoms with E-state index in [4.69, 9.17) is 9.47 Å². The van der Waals surface area contributed by atoms with E-state index in [2.05, 4.69) is 29.2 Å². The molecule has 3 fully saturated rings. The third-order valence-corrected chi connectivity index (χ3v) is 6.22. The molecule has 3 aliphatic rings. The van der Waals surface area contributed by atoms with E-state index < -0.39 is 0 Å². The molecule has 3 rings (SSSR count). The fraction of sp³-hybridized carbons (Fsp3) is 0.944. The molecule has 1 atom stereocenters. The number of amides is 1. The number of hydrogen-bond acceptors (Lipinski definition) is 5. The van der Waals surface area contributed by atoms with Gasteiger partial charge in [-0.1, -0.05) is 6.42 Å². The lowest BCUT2D eigenvalue weighted by Crippen LogP contribution is -2.60. The summed E-state index contributed by atoms with van der Waals surface area (Å²) >= 11 is 0. The number of carbonyl (C=O) groups excluding carboxylic acids is 1. The molecule has 0 bridgehead atoms. The molecule has 6 heteroatoms. The van der Waals surface area contributed by atoms with Crippen molar-refractivity contribution in [2.45, 2.75) is 43.7 Å². The molecule has 0 spiro atoms. The second-order valence-electron chi connectivity index (χ2n) is 7.83. The lowest BCUT2D eigenvalue weighted by molar-refractivity contribution is -0.134. The van der Waals surface area contributed by atoms with Crippen molar-refractivity contribution >= 4 is 5.91 Å². The van der Waals surface area contributed by atoms with Crippen molar-refractivity contribution in [3.63, 3.8) is 0 Å². The number of rotatable bonds is 6. The first kappa shape index (κ1) is 18.1. The van der Waals surface area contributed by atoms with Crippen LogP contribution in [0, 0.1) is 5.92 Å². The van der Waals surface area contributed by atoms with E-state index in [1.807, 2.05) is 0 Å². The van der Waals surface area contributed by atoms with Gasteiger partial charge in [0.1, 0.15) is 6.04 Å². The van der Waals surface area contributed by atoms with Crippen LogP contribution in [0.2, 0.25) is 0 Å². The van der Waals surface area contributed by atoms with E-state index in [9.17, 15) is 4.79 Å². The highest BCUT2D eigenvalue weighted by Crippen LogP contribution is 2.28. The number of likely N-dealkylation sites (N-methyl/N-ethyl adjacent to an activating group) is 1. The van der Waals surface area contributed by atoms with Gasteiger partial charge in [0.05, 0.1) is 13.2 Å². The maximum Gasteiger partial charge on any atom is 0.239 e. The molecular formula is C18H33N3O3. The Labute approximate surface area is 145 Å². The van der Waals surface area contributed by atoms with Crippen LogP contribution in [0.5, 0.6) is 0 Å². The van der Waals surface area contributed by atoms with Crippen LogP contribution in [0.3, 0.4) is 0 Å². The van der Waals surface area contributed by atoms with Gasteiger partial charge in [0.15, 0.2) is 0 Å². The Balaban J connectivity index is 1.55. The minimum Gasteiger partial charge on any atom is -0.381 e. The molecule has 1 aliphatic carbocycles. The molecule has 0 radical (unpaired) electrons. The van der Waals surface area contributed by atoms with Crippen molar-refractivity contribution in [1.29, 1.82) is 0 Å². The lowest BCUT2D eigenvalue weighted by Gasteiger charge is -2.44. The molecule has 2 saturated heterocycles. The largest absolute Gasteiger partial charge is 0.381 e. The van der Waals surface area contributed by atoms with Crippen LogP contribution in [0.1, 0.15) is 32.1 Å². The van der Waals surface area contributed by atoms with Crippen LogP contribution in [0.15, 0.2) is 0 Å². The summed E-state index contributed by atoms with van der Waals surface area (Å²) in [5, 5.41) is 3.23. The van der Waals surface area contributed by atoms with Gasteiger partial charge in [0.2, 0.25) is 5.91 Å².